The van der Waals surface area contributed by atoms with Crippen molar-refractivity contribution in [1.29, 1.82) is 5.26 Å². The monoisotopic (exact) mass is 381 g/mol. The molecule has 5 nitrogen and oxygen atoms in total. The first-order chi connectivity index (χ1) is 14.2. The predicted molar refractivity (Wildman–Crippen MR) is 117 cm³/mol. The molecule has 1 unspecified atom stereocenters. The van der Waals surface area contributed by atoms with Crippen LogP contribution < -0.4 is 4.90 Å². The first-order valence-electron chi connectivity index (χ1n) is 10.0. The van der Waals surface area contributed by atoms with Gasteiger partial charge in [0.15, 0.2) is 5.65 Å². The molecule has 0 aliphatic carbocycles. The molecule has 0 spiro atoms. The molecule has 5 heteroatoms. The third-order valence-electron chi connectivity index (χ3n) is 5.84. The highest BCUT2D eigenvalue weighted by atomic mass is 15.4. The van der Waals surface area contributed by atoms with E-state index in [1.165, 1.54) is 0 Å². The molecule has 29 heavy (non-hydrogen) atoms. The van der Waals surface area contributed by atoms with E-state index in [2.05, 4.69) is 64.7 Å². The second-order valence-electron chi connectivity index (χ2n) is 7.81. The Bertz CT molecular complexity index is 1230. The van der Waals surface area contributed by atoms with E-state index in [1.54, 1.807) is 0 Å². The van der Waals surface area contributed by atoms with Crippen molar-refractivity contribution < 1.29 is 0 Å². The summed E-state index contributed by atoms with van der Waals surface area (Å²) in [5.41, 5.74) is 5.47. The number of hydrogen-bond acceptors (Lipinski definition) is 4. The third-order valence-corrected chi connectivity index (χ3v) is 5.84. The van der Waals surface area contributed by atoms with Crippen molar-refractivity contribution in [1.82, 2.24) is 14.3 Å². The number of para-hydroxylation sites is 2. The van der Waals surface area contributed by atoms with Crippen molar-refractivity contribution in [2.75, 3.05) is 25.5 Å². The van der Waals surface area contributed by atoms with Crippen molar-refractivity contribution in [3.8, 4) is 17.2 Å². The van der Waals surface area contributed by atoms with Gasteiger partial charge in [0.1, 0.15) is 11.9 Å². The van der Waals surface area contributed by atoms with E-state index < -0.39 is 0 Å². The number of nitriles is 1. The van der Waals surface area contributed by atoms with Crippen molar-refractivity contribution >= 4 is 22.5 Å². The van der Waals surface area contributed by atoms with E-state index in [1.807, 2.05) is 30.3 Å². The number of pyridine rings is 1. The first kappa shape index (κ1) is 17.7. The summed E-state index contributed by atoms with van der Waals surface area (Å²) in [5.74, 6) is 1.12. The second kappa shape index (κ2) is 6.91. The Morgan fingerprint density at radius 1 is 1.07 bits per heavy atom. The van der Waals surface area contributed by atoms with Crippen molar-refractivity contribution in [2.24, 2.45) is 0 Å². The minimum absolute atomic E-state index is 0.315. The molecule has 0 amide bonds. The molecule has 1 aliphatic heterocycles. The van der Waals surface area contributed by atoms with E-state index in [-0.39, 0.29) is 0 Å². The summed E-state index contributed by atoms with van der Waals surface area (Å²) in [5, 5.41) is 9.90. The highest BCUT2D eigenvalue weighted by Gasteiger charge is 2.31. The highest BCUT2D eigenvalue weighted by Crippen LogP contribution is 2.39. The quantitative estimate of drug-likeness (QED) is 0.524. The Balaban J connectivity index is 1.93. The van der Waals surface area contributed by atoms with E-state index in [4.69, 9.17) is 4.98 Å². The van der Waals surface area contributed by atoms with Gasteiger partial charge in [-0.25, -0.2) is 4.98 Å². The van der Waals surface area contributed by atoms with Crippen LogP contribution in [-0.2, 0) is 0 Å². The maximum Gasteiger partial charge on any atom is 0.157 e. The van der Waals surface area contributed by atoms with Gasteiger partial charge < -0.3 is 4.90 Å². The average Bonchev–Trinajstić information content (AvgIpc) is 3.38. The lowest BCUT2D eigenvalue weighted by atomic mass is 10.0. The largest absolute Gasteiger partial charge is 0.341 e. The fourth-order valence-electron chi connectivity index (χ4n) is 4.54. The molecule has 0 N–H and O–H groups in total. The normalized spacial score (nSPS) is 16.8. The number of aromatic nitrogens is 2. The Kier molecular flexibility index (Phi) is 4.22. The van der Waals surface area contributed by atoms with Crippen LogP contribution in [0, 0.1) is 11.3 Å². The Hall–Kier alpha value is -3.36. The van der Waals surface area contributed by atoms with Crippen molar-refractivity contribution in [3.05, 3.63) is 66.2 Å². The number of anilines is 1. The van der Waals surface area contributed by atoms with Crippen LogP contribution in [-0.4, -0.2) is 41.1 Å². The van der Waals surface area contributed by atoms with Gasteiger partial charge in [-0.1, -0.05) is 42.5 Å². The summed E-state index contributed by atoms with van der Waals surface area (Å²) in [7, 11) is 4.27. The molecule has 0 bridgehead atoms. The lowest BCUT2D eigenvalue weighted by Gasteiger charge is -2.33. The summed E-state index contributed by atoms with van der Waals surface area (Å²) >= 11 is 0. The highest BCUT2D eigenvalue weighted by molar-refractivity contribution is 5.90. The van der Waals surface area contributed by atoms with E-state index in [9.17, 15) is 5.26 Å². The molecular weight excluding hydrogens is 358 g/mol. The molecule has 1 atom stereocenters. The minimum Gasteiger partial charge on any atom is -0.341 e. The van der Waals surface area contributed by atoms with Gasteiger partial charge in [0.2, 0.25) is 0 Å². The van der Waals surface area contributed by atoms with Gasteiger partial charge in [-0.2, -0.15) is 5.26 Å². The van der Waals surface area contributed by atoms with Gasteiger partial charge in [0.05, 0.1) is 22.8 Å². The lowest BCUT2D eigenvalue weighted by molar-refractivity contribution is 0.300. The molecule has 144 valence electrons. The summed E-state index contributed by atoms with van der Waals surface area (Å²) in [6.07, 6.45) is 2.58. The van der Waals surface area contributed by atoms with Crippen LogP contribution in [0.5, 0.6) is 0 Å². The van der Waals surface area contributed by atoms with Gasteiger partial charge in [0, 0.05) is 12.1 Å². The van der Waals surface area contributed by atoms with Crippen LogP contribution in [0.15, 0.2) is 60.7 Å². The molecule has 2 aromatic carbocycles. The van der Waals surface area contributed by atoms with Crippen LogP contribution in [0.2, 0.25) is 0 Å². The lowest BCUT2D eigenvalue weighted by Crippen LogP contribution is -2.41. The number of benzene rings is 2. The molecule has 1 fully saturated rings. The predicted octanol–water partition coefficient (Wildman–Crippen LogP) is 4.51. The molecule has 2 aromatic heterocycles. The Labute approximate surface area is 170 Å². The number of rotatable bonds is 3. The van der Waals surface area contributed by atoms with Crippen LogP contribution in [0.4, 0.5) is 5.82 Å². The maximum absolute atomic E-state index is 9.90. The maximum atomic E-state index is 9.90. The average molecular weight is 381 g/mol. The van der Waals surface area contributed by atoms with E-state index in [0.29, 0.717) is 11.7 Å². The van der Waals surface area contributed by atoms with E-state index >= 15 is 0 Å². The van der Waals surface area contributed by atoms with Crippen LogP contribution in [0.1, 0.15) is 18.4 Å². The fourth-order valence-corrected chi connectivity index (χ4v) is 4.54. The van der Waals surface area contributed by atoms with Crippen LogP contribution in [0.25, 0.3) is 27.8 Å². The Morgan fingerprint density at radius 3 is 2.59 bits per heavy atom. The first-order valence-corrected chi connectivity index (χ1v) is 10.0. The molecule has 4 aromatic rings. The van der Waals surface area contributed by atoms with Gasteiger partial charge in [-0.05, 0) is 50.7 Å². The topological polar surface area (TPSA) is 47.6 Å². The number of hydrogen-bond donors (Lipinski definition) is 0. The second-order valence-corrected chi connectivity index (χ2v) is 7.81. The summed E-state index contributed by atoms with van der Waals surface area (Å²) in [6.45, 7) is 0.982. The minimum atomic E-state index is 0.315. The van der Waals surface area contributed by atoms with Gasteiger partial charge in [0.25, 0.3) is 0 Å². The molecular formula is C24H23N5. The smallest absolute Gasteiger partial charge is 0.157 e. The zero-order valence-electron chi connectivity index (χ0n) is 16.7. The van der Waals surface area contributed by atoms with E-state index in [0.717, 1.165) is 53.0 Å². The number of nitrogens with zero attached hydrogens (tertiary/aromatic N) is 5. The van der Waals surface area contributed by atoms with Gasteiger partial charge >= 0.3 is 0 Å². The number of imidazole rings is 1. The standard InChI is InChI=1S/C24H23N5/c1-27(2)22-13-8-14-28(22)24-19(17-9-4-3-5-10-17)15-18(16-25)23-26-20-11-6-7-12-21(20)29(23)24/h3-7,9-12,15,22H,8,13-14H2,1-2H3. The van der Waals surface area contributed by atoms with Crippen LogP contribution >= 0.6 is 0 Å². The SMILES string of the molecule is CN(C)C1CCCN1c1c(-c2ccccc2)cc(C#N)c2nc3ccccc3n12. The zero-order valence-corrected chi connectivity index (χ0v) is 16.7. The fraction of sp³-hybridized carbons (Fsp3) is 0.250. The molecule has 1 saturated heterocycles. The third kappa shape index (κ3) is 2.76. The molecule has 5 rings (SSSR count). The zero-order chi connectivity index (χ0) is 20.0. The summed E-state index contributed by atoms with van der Waals surface area (Å²) in [4.78, 5) is 9.58. The van der Waals surface area contributed by atoms with Crippen LogP contribution in [0.3, 0.4) is 0 Å². The van der Waals surface area contributed by atoms with Gasteiger partial charge in [-0.15, -0.1) is 0 Å². The van der Waals surface area contributed by atoms with Gasteiger partial charge in [-0.3, -0.25) is 9.30 Å². The Morgan fingerprint density at radius 2 is 1.83 bits per heavy atom. The molecule has 1 aliphatic rings. The summed E-state index contributed by atoms with van der Waals surface area (Å²) in [6, 6.07) is 22.9. The molecule has 0 radical (unpaired) electrons. The molecule has 3 heterocycles. The van der Waals surface area contributed by atoms with Crippen molar-refractivity contribution in [2.45, 2.75) is 19.0 Å². The summed E-state index contributed by atoms with van der Waals surface area (Å²) < 4.78 is 2.19. The number of fused-ring (bicyclic) bond motifs is 3. The van der Waals surface area contributed by atoms with Crippen molar-refractivity contribution in [3.63, 3.8) is 0 Å². The molecule has 0 saturated carbocycles.